The number of carbonyl (C=O) groups excluding carboxylic acids is 1. The number of aliphatic hydroxyl groups is 1. The van der Waals surface area contributed by atoms with Crippen LogP contribution in [0.3, 0.4) is 0 Å². The van der Waals surface area contributed by atoms with Crippen LogP contribution in [-0.2, 0) is 20.9 Å². The predicted molar refractivity (Wildman–Crippen MR) is 108 cm³/mol. The molecule has 2 aromatic heterocycles. The summed E-state index contributed by atoms with van der Waals surface area (Å²) >= 11 is 0. The van der Waals surface area contributed by atoms with E-state index in [9.17, 15) is 9.90 Å². The van der Waals surface area contributed by atoms with Gasteiger partial charge in [-0.3, -0.25) is 14.6 Å². The third-order valence-electron chi connectivity index (χ3n) is 5.62. The van der Waals surface area contributed by atoms with Crippen LogP contribution in [0, 0.1) is 5.92 Å². The van der Waals surface area contributed by atoms with Gasteiger partial charge < -0.3 is 30.0 Å². The third-order valence-corrected chi connectivity index (χ3v) is 5.62. The first-order valence-electron chi connectivity index (χ1n) is 10.3. The molecule has 3 atom stereocenters. The summed E-state index contributed by atoms with van der Waals surface area (Å²) in [6.45, 7) is 1.70. The number of hydrogen-bond donors (Lipinski definition) is 4. The molecule has 2 aliphatic rings. The Hall–Kier alpha value is -2.56. The summed E-state index contributed by atoms with van der Waals surface area (Å²) in [4.78, 5) is 29.4. The number of hydrogen-bond acceptors (Lipinski definition) is 7. The molecule has 0 bridgehead atoms. The Kier molecular flexibility index (Phi) is 8.12. The lowest BCUT2D eigenvalue weighted by Gasteiger charge is -2.36. The highest BCUT2D eigenvalue weighted by molar-refractivity contribution is 5.78. The molecule has 2 fully saturated rings. The lowest BCUT2D eigenvalue weighted by molar-refractivity contribution is -0.128. The second-order valence-corrected chi connectivity index (χ2v) is 7.63. The van der Waals surface area contributed by atoms with Gasteiger partial charge in [-0.15, -0.1) is 0 Å². The van der Waals surface area contributed by atoms with E-state index in [0.29, 0.717) is 19.0 Å². The summed E-state index contributed by atoms with van der Waals surface area (Å²) in [5, 5.41) is 23.9. The molecule has 0 spiro atoms. The van der Waals surface area contributed by atoms with E-state index >= 15 is 0 Å². The Balaban J connectivity index is 0.000000806. The highest BCUT2D eigenvalue weighted by atomic mass is 16.5. The van der Waals surface area contributed by atoms with E-state index in [1.54, 1.807) is 12.4 Å². The van der Waals surface area contributed by atoms with Crippen LogP contribution < -0.4 is 10.6 Å². The second-order valence-electron chi connectivity index (χ2n) is 7.63. The molecule has 1 saturated heterocycles. The zero-order valence-electron chi connectivity index (χ0n) is 16.8. The van der Waals surface area contributed by atoms with E-state index in [1.165, 1.54) is 0 Å². The van der Waals surface area contributed by atoms with Crippen molar-refractivity contribution in [3.05, 3.63) is 30.5 Å². The minimum atomic E-state index is -0.487. The first kappa shape index (κ1) is 22.1. The van der Waals surface area contributed by atoms with Crippen molar-refractivity contribution in [3.63, 3.8) is 0 Å². The van der Waals surface area contributed by atoms with Gasteiger partial charge in [-0.25, -0.2) is 4.98 Å². The van der Waals surface area contributed by atoms with E-state index in [1.807, 2.05) is 16.8 Å². The lowest BCUT2D eigenvalue weighted by atomic mass is 9.82. The smallest absolute Gasteiger partial charge is 0.290 e. The normalized spacial score (nSPS) is 24.6. The number of nitrogens with one attached hydrogen (secondary N) is 2. The van der Waals surface area contributed by atoms with Crippen molar-refractivity contribution in [3.8, 4) is 0 Å². The van der Waals surface area contributed by atoms with Crippen LogP contribution in [0.25, 0.3) is 5.65 Å². The molecular weight excluding hydrogens is 390 g/mol. The van der Waals surface area contributed by atoms with Crippen molar-refractivity contribution in [1.29, 1.82) is 0 Å². The van der Waals surface area contributed by atoms with Crippen LogP contribution in [0.5, 0.6) is 0 Å². The summed E-state index contributed by atoms with van der Waals surface area (Å²) in [6, 6.07) is 0.483. The van der Waals surface area contributed by atoms with E-state index < -0.39 is 6.10 Å². The molecule has 10 heteroatoms. The van der Waals surface area contributed by atoms with Gasteiger partial charge in [0, 0.05) is 49.8 Å². The Bertz CT molecular complexity index is 790. The summed E-state index contributed by atoms with van der Waals surface area (Å²) in [5.41, 5.74) is 1.56. The van der Waals surface area contributed by atoms with Gasteiger partial charge >= 0.3 is 0 Å². The average molecular weight is 419 g/mol. The SMILES string of the molecule is O=C(NCc1cn2ccncc2n1)[C@H]1CC[C@H](NC2CCOCC2)[C@@H](O)C1.O=CO. The van der Waals surface area contributed by atoms with Gasteiger partial charge in [0.2, 0.25) is 5.91 Å². The fourth-order valence-electron chi connectivity index (χ4n) is 4.05. The first-order chi connectivity index (χ1) is 14.6. The Morgan fingerprint density at radius 3 is 2.77 bits per heavy atom. The molecule has 164 valence electrons. The van der Waals surface area contributed by atoms with Crippen molar-refractivity contribution in [2.75, 3.05) is 13.2 Å². The summed E-state index contributed by atoms with van der Waals surface area (Å²) in [5.74, 6) is -0.153. The monoisotopic (exact) mass is 419 g/mol. The van der Waals surface area contributed by atoms with Crippen LogP contribution in [-0.4, -0.2) is 68.4 Å². The van der Waals surface area contributed by atoms with Crippen molar-refractivity contribution in [1.82, 2.24) is 25.0 Å². The largest absolute Gasteiger partial charge is 0.483 e. The standard InChI is InChI=1S/C19H27N5O3.CH2O2/c25-17-9-13(1-2-16(17)22-14-3-7-27-8-4-14)19(26)21-10-15-12-24-6-5-20-11-18(24)23-15;2-1-3/h5-6,11-14,16-17,22,25H,1-4,7-10H2,(H,21,26);1H,(H,2,3)/t13-,16-,17-;/m0./s1. The van der Waals surface area contributed by atoms with E-state index in [-0.39, 0.29) is 24.3 Å². The minimum absolute atomic E-state index is 0.00579. The molecule has 10 nitrogen and oxygen atoms in total. The maximum atomic E-state index is 12.5. The number of amides is 1. The number of fused-ring (bicyclic) bond motifs is 1. The van der Waals surface area contributed by atoms with Gasteiger partial charge in [-0.1, -0.05) is 0 Å². The van der Waals surface area contributed by atoms with Gasteiger partial charge in [0.25, 0.3) is 6.47 Å². The molecule has 1 aliphatic carbocycles. The summed E-state index contributed by atoms with van der Waals surface area (Å²) in [6.07, 6.45) is 10.7. The number of carboxylic acid groups (broad SMARTS) is 1. The number of nitrogens with zero attached hydrogens (tertiary/aromatic N) is 3. The Morgan fingerprint density at radius 1 is 1.30 bits per heavy atom. The quantitative estimate of drug-likeness (QED) is 0.509. The van der Waals surface area contributed by atoms with Gasteiger partial charge in [0.05, 0.1) is 24.5 Å². The number of ether oxygens (including phenoxy) is 1. The molecule has 0 radical (unpaired) electrons. The molecule has 3 heterocycles. The van der Waals surface area contributed by atoms with E-state index in [2.05, 4.69) is 20.6 Å². The number of rotatable bonds is 5. The van der Waals surface area contributed by atoms with Crippen molar-refractivity contribution >= 4 is 18.0 Å². The minimum Gasteiger partial charge on any atom is -0.483 e. The topological polar surface area (TPSA) is 138 Å². The number of imidazole rings is 1. The van der Waals surface area contributed by atoms with Gasteiger partial charge in [0.15, 0.2) is 5.65 Å². The molecule has 0 unspecified atom stereocenters. The molecule has 30 heavy (non-hydrogen) atoms. The molecule has 1 amide bonds. The molecule has 4 N–H and O–H groups in total. The molecule has 4 rings (SSSR count). The zero-order valence-corrected chi connectivity index (χ0v) is 16.8. The molecule has 1 saturated carbocycles. The summed E-state index contributed by atoms with van der Waals surface area (Å²) < 4.78 is 7.26. The van der Waals surface area contributed by atoms with Crippen LogP contribution >= 0.6 is 0 Å². The molecule has 0 aromatic carbocycles. The fraction of sp³-hybridized carbons (Fsp3) is 0.600. The average Bonchev–Trinajstić information content (AvgIpc) is 3.18. The lowest BCUT2D eigenvalue weighted by Crippen LogP contribution is -2.51. The van der Waals surface area contributed by atoms with Gasteiger partial charge in [0.1, 0.15) is 0 Å². The fourth-order valence-corrected chi connectivity index (χ4v) is 4.05. The number of aromatic nitrogens is 3. The van der Waals surface area contributed by atoms with Crippen molar-refractivity contribution in [2.45, 2.75) is 56.8 Å². The predicted octanol–water partition coefficient (Wildman–Crippen LogP) is 0.345. The van der Waals surface area contributed by atoms with Crippen LogP contribution in [0.15, 0.2) is 24.8 Å². The Morgan fingerprint density at radius 2 is 2.07 bits per heavy atom. The highest BCUT2D eigenvalue weighted by Crippen LogP contribution is 2.26. The van der Waals surface area contributed by atoms with E-state index in [4.69, 9.17) is 14.6 Å². The molecular formula is C20H29N5O5. The van der Waals surface area contributed by atoms with Gasteiger partial charge in [-0.2, -0.15) is 0 Å². The molecule has 1 aliphatic heterocycles. The zero-order chi connectivity index (χ0) is 21.3. The number of aliphatic hydroxyl groups excluding tert-OH is 1. The first-order valence-corrected chi connectivity index (χ1v) is 10.3. The van der Waals surface area contributed by atoms with Crippen LogP contribution in [0.1, 0.15) is 37.8 Å². The summed E-state index contributed by atoms with van der Waals surface area (Å²) in [7, 11) is 0. The van der Waals surface area contributed by atoms with Crippen molar-refractivity contribution in [2.24, 2.45) is 5.92 Å². The highest BCUT2D eigenvalue weighted by Gasteiger charge is 2.34. The maximum absolute atomic E-state index is 12.5. The number of carbonyl (C=O) groups is 2. The molecule has 2 aromatic rings. The third kappa shape index (κ3) is 5.97. The van der Waals surface area contributed by atoms with Crippen LogP contribution in [0.2, 0.25) is 0 Å². The van der Waals surface area contributed by atoms with Crippen molar-refractivity contribution < 1.29 is 24.5 Å². The second kappa shape index (κ2) is 11.0. The Labute approximate surface area is 174 Å². The van der Waals surface area contributed by atoms with Crippen LogP contribution in [0.4, 0.5) is 0 Å². The van der Waals surface area contributed by atoms with E-state index in [0.717, 1.165) is 50.2 Å². The maximum Gasteiger partial charge on any atom is 0.290 e. The van der Waals surface area contributed by atoms with Gasteiger partial charge in [-0.05, 0) is 32.1 Å².